The minimum Gasteiger partial charge on any atom is -0.494 e. The van der Waals surface area contributed by atoms with Gasteiger partial charge in [0.25, 0.3) is 11.8 Å². The summed E-state index contributed by atoms with van der Waals surface area (Å²) in [4.78, 5) is 57.2. The van der Waals surface area contributed by atoms with Gasteiger partial charge in [0.1, 0.15) is 15.4 Å². The molecule has 2 aromatic heterocycles. The summed E-state index contributed by atoms with van der Waals surface area (Å²) in [5, 5.41) is 18.6. The molecule has 4 N–H and O–H groups in total. The normalized spacial score (nSPS) is 17.4. The van der Waals surface area contributed by atoms with Gasteiger partial charge in [-0.2, -0.15) is 0 Å². The number of amides is 4. The minimum absolute atomic E-state index is 0.0592. The SMILES string of the molecule is [2H]C([2H])([2H])NC(=O)c1nnc(NC(=O)C2CC2)cc1Nc1cccc(-c2ncc(C(=O)N3CCNC(=O)C3(C)C)s2)c1OC. The molecule has 4 amide bonds. The van der Waals surface area contributed by atoms with Gasteiger partial charge in [-0.25, -0.2) is 4.98 Å². The topological polar surface area (TPSA) is 168 Å². The van der Waals surface area contributed by atoms with Crippen molar-refractivity contribution < 1.29 is 28.0 Å². The Hall–Kier alpha value is -4.59. The summed E-state index contributed by atoms with van der Waals surface area (Å²) in [7, 11) is 1.44. The number of methoxy groups -OCH3 is 1. The lowest BCUT2D eigenvalue weighted by atomic mass is 9.99. The molecule has 13 nitrogen and oxygen atoms in total. The fraction of sp³-hybridized carbons (Fsp3) is 0.370. The maximum atomic E-state index is 13.4. The number of nitrogens with one attached hydrogen (secondary N) is 4. The van der Waals surface area contributed by atoms with E-state index < -0.39 is 18.4 Å². The number of hydrogen-bond donors (Lipinski definition) is 4. The number of thiazole rings is 1. The van der Waals surface area contributed by atoms with Crippen LogP contribution in [0.2, 0.25) is 0 Å². The van der Waals surface area contributed by atoms with Crippen molar-refractivity contribution in [2.24, 2.45) is 5.92 Å². The van der Waals surface area contributed by atoms with Crippen molar-refractivity contribution in [3.05, 3.63) is 41.0 Å². The highest BCUT2D eigenvalue weighted by Crippen LogP contribution is 2.40. The molecule has 0 atom stereocenters. The molecule has 3 aromatic rings. The largest absolute Gasteiger partial charge is 0.494 e. The van der Waals surface area contributed by atoms with E-state index in [0.717, 1.165) is 24.2 Å². The number of aromatic nitrogens is 3. The van der Waals surface area contributed by atoms with Gasteiger partial charge in [0.05, 0.1) is 30.2 Å². The number of hydrogen-bond acceptors (Lipinski definition) is 10. The second kappa shape index (κ2) is 11.1. The molecule has 5 rings (SSSR count). The molecule has 1 saturated carbocycles. The highest BCUT2D eigenvalue weighted by Gasteiger charge is 2.41. The van der Waals surface area contributed by atoms with E-state index in [1.807, 2.05) is 5.32 Å². The van der Waals surface area contributed by atoms with Gasteiger partial charge in [-0.15, -0.1) is 21.5 Å². The van der Waals surface area contributed by atoms with Crippen molar-refractivity contribution >= 4 is 52.2 Å². The van der Waals surface area contributed by atoms with Gasteiger partial charge in [-0.1, -0.05) is 6.07 Å². The first-order chi connectivity index (χ1) is 20.8. The molecular weight excluding hydrogens is 548 g/mol. The average Bonchev–Trinajstić information content (AvgIpc) is 3.70. The molecule has 2 fully saturated rings. The van der Waals surface area contributed by atoms with Crippen molar-refractivity contribution in [1.82, 2.24) is 30.7 Å². The molecule has 214 valence electrons. The number of rotatable bonds is 8. The van der Waals surface area contributed by atoms with Crippen LogP contribution in [0, 0.1) is 5.92 Å². The fourth-order valence-corrected chi connectivity index (χ4v) is 5.29. The predicted molar refractivity (Wildman–Crippen MR) is 152 cm³/mol. The quantitative estimate of drug-likeness (QED) is 0.312. The monoisotopic (exact) mass is 581 g/mol. The molecule has 0 radical (unpaired) electrons. The molecule has 0 unspecified atom stereocenters. The zero-order chi connectivity index (χ0) is 31.8. The van der Waals surface area contributed by atoms with E-state index in [1.54, 1.807) is 32.0 Å². The molecule has 0 spiro atoms. The van der Waals surface area contributed by atoms with Crippen molar-refractivity contribution in [3.63, 3.8) is 0 Å². The molecule has 41 heavy (non-hydrogen) atoms. The summed E-state index contributed by atoms with van der Waals surface area (Å²) in [6, 6.07) is 6.48. The summed E-state index contributed by atoms with van der Waals surface area (Å²) in [5.74, 6) is -1.54. The number of anilines is 3. The molecule has 1 aromatic carbocycles. The first-order valence-corrected chi connectivity index (χ1v) is 13.6. The number of nitrogens with zero attached hydrogens (tertiary/aromatic N) is 4. The van der Waals surface area contributed by atoms with Gasteiger partial charge in [-0.3, -0.25) is 19.2 Å². The van der Waals surface area contributed by atoms with E-state index >= 15 is 0 Å². The Balaban J connectivity index is 1.47. The van der Waals surface area contributed by atoms with Crippen LogP contribution in [0.25, 0.3) is 10.6 Å². The van der Waals surface area contributed by atoms with Gasteiger partial charge < -0.3 is 30.9 Å². The Morgan fingerprint density at radius 1 is 1.22 bits per heavy atom. The summed E-state index contributed by atoms with van der Waals surface area (Å²) >= 11 is 1.13. The van der Waals surface area contributed by atoms with E-state index in [2.05, 4.69) is 31.1 Å². The molecule has 1 aliphatic carbocycles. The third-order valence-corrected chi connectivity index (χ3v) is 7.87. The first-order valence-electron chi connectivity index (χ1n) is 14.3. The van der Waals surface area contributed by atoms with Crippen LogP contribution in [0.3, 0.4) is 0 Å². The van der Waals surface area contributed by atoms with E-state index in [4.69, 9.17) is 8.85 Å². The van der Waals surface area contributed by atoms with Crippen LogP contribution >= 0.6 is 11.3 Å². The average molecular weight is 582 g/mol. The lowest BCUT2D eigenvalue weighted by Gasteiger charge is -2.40. The zero-order valence-corrected chi connectivity index (χ0v) is 23.3. The second-order valence-electron chi connectivity index (χ2n) is 10.0. The Labute approximate surface area is 244 Å². The number of carbonyl (C=O) groups is 4. The van der Waals surface area contributed by atoms with E-state index in [0.29, 0.717) is 40.0 Å². The van der Waals surface area contributed by atoms with Crippen molar-refractivity contribution in [2.75, 3.05) is 37.8 Å². The number of ether oxygens (including phenoxy) is 1. The van der Waals surface area contributed by atoms with Crippen LogP contribution in [0.15, 0.2) is 30.5 Å². The highest BCUT2D eigenvalue weighted by atomic mass is 32.1. The molecule has 1 saturated heterocycles. The van der Waals surface area contributed by atoms with Gasteiger partial charge in [0, 0.05) is 36.2 Å². The van der Waals surface area contributed by atoms with Gasteiger partial charge in [-0.05, 0) is 38.8 Å². The first kappa shape index (κ1) is 24.2. The molecular formula is C27H30N8O5S. The van der Waals surface area contributed by atoms with Crippen LogP contribution in [-0.2, 0) is 9.59 Å². The third-order valence-electron chi connectivity index (χ3n) is 6.85. The summed E-state index contributed by atoms with van der Waals surface area (Å²) in [6.45, 7) is 1.29. The maximum Gasteiger partial charge on any atom is 0.273 e. The Morgan fingerprint density at radius 3 is 2.76 bits per heavy atom. The van der Waals surface area contributed by atoms with Gasteiger partial charge in [0.2, 0.25) is 11.8 Å². The van der Waals surface area contributed by atoms with Crippen LogP contribution < -0.4 is 26.0 Å². The number of piperazine rings is 1. The number of carbonyl (C=O) groups excluding carboxylic acids is 4. The molecule has 3 heterocycles. The van der Waals surface area contributed by atoms with Crippen LogP contribution in [-0.4, -0.2) is 76.4 Å². The van der Waals surface area contributed by atoms with Gasteiger partial charge in [0.15, 0.2) is 17.3 Å². The Kier molecular flexibility index (Phi) is 6.57. The molecule has 14 heteroatoms. The van der Waals surface area contributed by atoms with E-state index in [-0.39, 0.29) is 40.8 Å². The maximum absolute atomic E-state index is 13.4. The number of para-hydroxylation sites is 1. The van der Waals surface area contributed by atoms with E-state index in [9.17, 15) is 19.2 Å². The van der Waals surface area contributed by atoms with Crippen LogP contribution in [0.4, 0.5) is 17.2 Å². The standard InChI is InChI=1S/C27H30N8O5S/c1-27(2)26(39)29-10-11-35(27)25(38)18-13-30-24(41-18)15-6-5-7-16(21(15)40-4)31-17-12-19(32-22(36)14-8-9-14)33-34-20(17)23(37)28-3/h5-7,12-14H,8-11H2,1-4H3,(H,28,37)(H,29,39)(H2,31,32,33,36)/i3D3. The van der Waals surface area contributed by atoms with Crippen LogP contribution in [0.5, 0.6) is 5.75 Å². The lowest BCUT2D eigenvalue weighted by molar-refractivity contribution is -0.133. The summed E-state index contributed by atoms with van der Waals surface area (Å²) in [5.41, 5.74) is -0.412. The van der Waals surface area contributed by atoms with E-state index in [1.165, 1.54) is 24.3 Å². The van der Waals surface area contributed by atoms with Crippen LogP contribution in [0.1, 0.15) is 51.0 Å². The third kappa shape index (κ3) is 5.55. The molecule has 0 bridgehead atoms. The minimum atomic E-state index is -2.78. The van der Waals surface area contributed by atoms with Crippen molar-refractivity contribution in [2.45, 2.75) is 32.2 Å². The smallest absolute Gasteiger partial charge is 0.273 e. The highest BCUT2D eigenvalue weighted by molar-refractivity contribution is 7.17. The van der Waals surface area contributed by atoms with Gasteiger partial charge >= 0.3 is 0 Å². The second-order valence-corrected chi connectivity index (χ2v) is 11.1. The van der Waals surface area contributed by atoms with Crippen molar-refractivity contribution in [3.8, 4) is 16.3 Å². The Bertz CT molecular complexity index is 1640. The van der Waals surface area contributed by atoms with Crippen molar-refractivity contribution in [1.29, 1.82) is 0 Å². The molecule has 2 aliphatic rings. The summed E-state index contributed by atoms with van der Waals surface area (Å²) < 4.78 is 27.9. The zero-order valence-electron chi connectivity index (χ0n) is 25.5. The lowest BCUT2D eigenvalue weighted by Crippen LogP contribution is -2.63. The fourth-order valence-electron chi connectivity index (χ4n) is 4.40. The number of benzene rings is 1. The Morgan fingerprint density at radius 2 is 2.02 bits per heavy atom. The predicted octanol–water partition coefficient (Wildman–Crippen LogP) is 2.41. The molecule has 1 aliphatic heterocycles. The summed E-state index contributed by atoms with van der Waals surface area (Å²) in [6.07, 6.45) is 2.98.